The number of rotatable bonds is 28. The van der Waals surface area contributed by atoms with Crippen molar-refractivity contribution in [3.63, 3.8) is 0 Å². The summed E-state index contributed by atoms with van der Waals surface area (Å²) in [5.41, 5.74) is 3.43. The fourth-order valence-electron chi connectivity index (χ4n) is 7.27. The monoisotopic (exact) mass is 613 g/mol. The van der Waals surface area contributed by atoms with Crippen LogP contribution in [0.25, 0.3) is 0 Å². The van der Waals surface area contributed by atoms with Gasteiger partial charge in [0.2, 0.25) is 0 Å². The van der Waals surface area contributed by atoms with Gasteiger partial charge in [-0.15, -0.1) is 0 Å². The largest absolute Gasteiger partial charge is 0.355 e. The predicted molar refractivity (Wildman–Crippen MR) is 195 cm³/mol. The molecule has 3 nitrogen and oxygen atoms in total. The summed E-state index contributed by atoms with van der Waals surface area (Å²) in [6.45, 7) is 9.09. The molecule has 2 aliphatic rings. The van der Waals surface area contributed by atoms with E-state index >= 15 is 0 Å². The molecule has 0 N–H and O–H groups in total. The molecule has 1 fully saturated rings. The second-order valence-corrected chi connectivity index (χ2v) is 14.8. The highest BCUT2D eigenvalue weighted by Crippen LogP contribution is 2.36. The van der Waals surface area contributed by atoms with Crippen LogP contribution in [0.3, 0.4) is 0 Å². The van der Waals surface area contributed by atoms with Crippen LogP contribution >= 0.6 is 0 Å². The zero-order valence-corrected chi connectivity index (χ0v) is 30.7. The van der Waals surface area contributed by atoms with Crippen molar-refractivity contribution in [1.82, 2.24) is 9.80 Å². The van der Waals surface area contributed by atoms with E-state index in [1.54, 1.807) is 11.1 Å². The first kappa shape index (κ1) is 39.3. The number of hydrogen-bond donors (Lipinski definition) is 0. The van der Waals surface area contributed by atoms with Gasteiger partial charge in [-0.25, -0.2) is 0 Å². The first-order valence-corrected chi connectivity index (χ1v) is 19.4. The van der Waals surface area contributed by atoms with Gasteiger partial charge < -0.3 is 9.64 Å². The molecule has 256 valence electrons. The molecule has 1 saturated heterocycles. The van der Waals surface area contributed by atoms with Gasteiger partial charge in [0.25, 0.3) is 0 Å². The molecular formula is C41H76N2O. The molecule has 0 aromatic rings. The Morgan fingerprint density at radius 2 is 1.27 bits per heavy atom. The molecule has 3 heteroatoms. The molecule has 0 aromatic heterocycles. The van der Waals surface area contributed by atoms with E-state index in [0.29, 0.717) is 6.10 Å². The van der Waals surface area contributed by atoms with Gasteiger partial charge >= 0.3 is 0 Å². The Bertz CT molecular complexity index is 798. The molecule has 1 aliphatic heterocycles. The Labute approximate surface area is 276 Å². The Hall–Kier alpha value is -0.900. The number of nitrogens with zero attached hydrogens (tertiary/aromatic N) is 2. The van der Waals surface area contributed by atoms with Crippen LogP contribution in [0.1, 0.15) is 175 Å². The maximum atomic E-state index is 6.88. The van der Waals surface area contributed by atoms with Crippen molar-refractivity contribution in [3.8, 4) is 0 Å². The van der Waals surface area contributed by atoms with Crippen LogP contribution in [-0.4, -0.2) is 55.9 Å². The molecule has 1 aliphatic carbocycles. The lowest BCUT2D eigenvalue weighted by Gasteiger charge is -2.35. The van der Waals surface area contributed by atoms with Crippen LogP contribution in [0.5, 0.6) is 0 Å². The maximum absolute atomic E-state index is 6.88. The van der Waals surface area contributed by atoms with Gasteiger partial charge in [-0.2, -0.15) is 0 Å². The summed E-state index contributed by atoms with van der Waals surface area (Å²) in [5, 5.41) is 0. The van der Waals surface area contributed by atoms with Gasteiger partial charge in [0.1, 0.15) is 5.72 Å². The summed E-state index contributed by atoms with van der Waals surface area (Å²) < 4.78 is 6.88. The molecule has 0 amide bonds. The summed E-state index contributed by atoms with van der Waals surface area (Å²) in [7, 11) is 6.68. The van der Waals surface area contributed by atoms with Crippen LogP contribution in [0.2, 0.25) is 0 Å². The number of allylic oxidation sites excluding steroid dienone is 6. The second kappa shape index (κ2) is 24.3. The lowest BCUT2D eigenvalue weighted by Crippen LogP contribution is -2.42. The van der Waals surface area contributed by atoms with E-state index < -0.39 is 0 Å². The summed E-state index contributed by atoms with van der Waals surface area (Å²) in [5.74, 6) is 0.876. The third-order valence-corrected chi connectivity index (χ3v) is 10.6. The highest BCUT2D eigenvalue weighted by molar-refractivity contribution is 5.26. The van der Waals surface area contributed by atoms with Crippen LogP contribution < -0.4 is 0 Å². The van der Waals surface area contributed by atoms with E-state index in [-0.39, 0.29) is 5.72 Å². The predicted octanol–water partition coefficient (Wildman–Crippen LogP) is 12.0. The highest BCUT2D eigenvalue weighted by Gasteiger charge is 2.43. The molecule has 0 saturated carbocycles. The lowest BCUT2D eigenvalue weighted by atomic mass is 9.85. The third-order valence-electron chi connectivity index (χ3n) is 10.6. The minimum absolute atomic E-state index is 0.0275. The topological polar surface area (TPSA) is 15.7 Å². The Kier molecular flexibility index (Phi) is 21.7. The summed E-state index contributed by atoms with van der Waals surface area (Å²) >= 11 is 0. The van der Waals surface area contributed by atoms with E-state index in [4.69, 9.17) is 4.74 Å². The molecule has 0 bridgehead atoms. The van der Waals surface area contributed by atoms with Crippen molar-refractivity contribution >= 4 is 0 Å². The third kappa shape index (κ3) is 16.6. The molecule has 0 spiro atoms. The molecule has 3 atom stereocenters. The highest BCUT2D eigenvalue weighted by atomic mass is 16.5. The van der Waals surface area contributed by atoms with Gasteiger partial charge in [0.05, 0.1) is 6.10 Å². The summed E-state index contributed by atoms with van der Waals surface area (Å²) in [6, 6.07) is 0. The number of hydrogen-bond acceptors (Lipinski definition) is 3. The molecule has 2 unspecified atom stereocenters. The fourth-order valence-corrected chi connectivity index (χ4v) is 7.27. The van der Waals surface area contributed by atoms with E-state index in [2.05, 4.69) is 76.0 Å². The number of likely N-dealkylation sites (N-methyl/N-ethyl adjacent to an activating group) is 2. The van der Waals surface area contributed by atoms with Crippen LogP contribution in [0.15, 0.2) is 35.5 Å². The molecule has 0 aromatic carbocycles. The van der Waals surface area contributed by atoms with Gasteiger partial charge in [0, 0.05) is 13.1 Å². The average molecular weight is 613 g/mol. The Morgan fingerprint density at radius 3 is 1.80 bits per heavy atom. The van der Waals surface area contributed by atoms with Crippen molar-refractivity contribution in [2.45, 2.75) is 187 Å². The standard InChI is InChI=1S/C41H76N2O/c1-7-37(3)29-25-21-17-13-10-9-11-15-19-23-27-33-41(43(6)36-40(44-41)35-42(4)5)34-28-24-20-16-12-14-18-22-26-30-39-32-31-38(39)8-2/h17,21-22,26,37,40H,7-16,18-20,23-25,27-36H2,1-6H3/b21-17-,26-22-/t37?,40?,41-/m1/s1. The van der Waals surface area contributed by atoms with Crippen molar-refractivity contribution in [1.29, 1.82) is 0 Å². The average Bonchev–Trinajstić information content (AvgIpc) is 3.28. The smallest absolute Gasteiger partial charge is 0.122 e. The Morgan fingerprint density at radius 1 is 0.750 bits per heavy atom. The summed E-state index contributed by atoms with van der Waals surface area (Å²) in [4.78, 5) is 4.87. The van der Waals surface area contributed by atoms with E-state index in [1.165, 1.54) is 154 Å². The van der Waals surface area contributed by atoms with Gasteiger partial charge in [-0.3, -0.25) is 4.90 Å². The number of ether oxygens (including phenoxy) is 1. The zero-order chi connectivity index (χ0) is 31.9. The van der Waals surface area contributed by atoms with Gasteiger partial charge in [-0.05, 0) is 117 Å². The quantitative estimate of drug-likeness (QED) is 0.0645. The van der Waals surface area contributed by atoms with E-state index in [1.807, 2.05) is 0 Å². The van der Waals surface area contributed by atoms with Gasteiger partial charge in [-0.1, -0.05) is 120 Å². The molecule has 0 radical (unpaired) electrons. The maximum Gasteiger partial charge on any atom is 0.122 e. The van der Waals surface area contributed by atoms with Crippen molar-refractivity contribution in [2.24, 2.45) is 5.92 Å². The normalized spacial score (nSPS) is 21.8. The molecule has 1 heterocycles. The Balaban J connectivity index is 1.56. The van der Waals surface area contributed by atoms with E-state index in [9.17, 15) is 0 Å². The minimum Gasteiger partial charge on any atom is -0.355 e. The number of unbranched alkanes of at least 4 members (excludes halogenated alkanes) is 13. The zero-order valence-electron chi connectivity index (χ0n) is 30.7. The SMILES string of the molecule is CCC1=C(C/C=C\CCCCCCCC[C@@]2(CCCCCCCCC/C=C\CCC(C)CC)OC(CN(C)C)CN2C)CC1. The van der Waals surface area contributed by atoms with Crippen molar-refractivity contribution in [3.05, 3.63) is 35.5 Å². The van der Waals surface area contributed by atoms with Crippen molar-refractivity contribution in [2.75, 3.05) is 34.2 Å². The van der Waals surface area contributed by atoms with Gasteiger partial charge in [0.15, 0.2) is 0 Å². The van der Waals surface area contributed by atoms with Crippen molar-refractivity contribution < 1.29 is 4.74 Å². The van der Waals surface area contributed by atoms with Crippen LogP contribution in [0.4, 0.5) is 0 Å². The lowest BCUT2D eigenvalue weighted by molar-refractivity contribution is -0.113. The van der Waals surface area contributed by atoms with Crippen LogP contribution in [-0.2, 0) is 4.74 Å². The molecule has 44 heavy (non-hydrogen) atoms. The second-order valence-electron chi connectivity index (χ2n) is 14.8. The minimum atomic E-state index is -0.0275. The first-order valence-electron chi connectivity index (χ1n) is 19.4. The first-order chi connectivity index (χ1) is 21.4. The summed E-state index contributed by atoms with van der Waals surface area (Å²) in [6.07, 6.45) is 41.9. The molecule has 2 rings (SSSR count). The fraction of sp³-hybridized carbons (Fsp3) is 0.854. The molecular weight excluding hydrogens is 536 g/mol. The van der Waals surface area contributed by atoms with Crippen LogP contribution in [0, 0.1) is 5.92 Å². The van der Waals surface area contributed by atoms with E-state index in [0.717, 1.165) is 19.0 Å².